The van der Waals surface area contributed by atoms with Crippen molar-refractivity contribution in [2.45, 2.75) is 12.5 Å². The molecule has 1 rings (SSSR count). The van der Waals surface area contributed by atoms with Crippen LogP contribution in [0.25, 0.3) is 0 Å². The number of nitrogens with one attached hydrogen (secondary N) is 1. The molecule has 6 heteroatoms. The second kappa shape index (κ2) is 6.70. The van der Waals surface area contributed by atoms with Crippen molar-refractivity contribution in [2.75, 3.05) is 21.2 Å². The average molecular weight is 284 g/mol. The van der Waals surface area contributed by atoms with Crippen molar-refractivity contribution in [3.8, 4) is 5.75 Å². The molecule has 0 aliphatic rings. The van der Waals surface area contributed by atoms with Crippen LogP contribution in [0, 0.1) is 0 Å². The lowest BCUT2D eigenvalue weighted by atomic mass is 10.0. The SMILES string of the molecule is C=CCC(NS(=O)(=O)N(C)C)c1ccc(OC)cc1. The van der Waals surface area contributed by atoms with Gasteiger partial charge in [0.15, 0.2) is 0 Å². The fraction of sp³-hybridized carbons (Fsp3) is 0.385. The van der Waals surface area contributed by atoms with Crippen molar-refractivity contribution in [3.05, 3.63) is 42.5 Å². The van der Waals surface area contributed by atoms with E-state index < -0.39 is 10.2 Å². The largest absolute Gasteiger partial charge is 0.497 e. The molecule has 0 aliphatic carbocycles. The maximum atomic E-state index is 11.9. The van der Waals surface area contributed by atoms with Crippen LogP contribution >= 0.6 is 0 Å². The quantitative estimate of drug-likeness (QED) is 0.775. The molecule has 106 valence electrons. The Labute approximate surface area is 115 Å². The Morgan fingerprint density at radius 3 is 2.37 bits per heavy atom. The maximum Gasteiger partial charge on any atom is 0.279 e. The minimum Gasteiger partial charge on any atom is -0.497 e. The molecule has 1 N–H and O–H groups in total. The molecule has 1 aromatic carbocycles. The Hall–Kier alpha value is -1.37. The first-order chi connectivity index (χ1) is 8.90. The van der Waals surface area contributed by atoms with Crippen LogP contribution in [0.1, 0.15) is 18.0 Å². The molecule has 0 radical (unpaired) electrons. The zero-order chi connectivity index (χ0) is 14.5. The number of methoxy groups -OCH3 is 1. The van der Waals surface area contributed by atoms with E-state index >= 15 is 0 Å². The predicted octanol–water partition coefficient (Wildman–Crippen LogP) is 1.71. The predicted molar refractivity (Wildman–Crippen MR) is 76.3 cm³/mol. The molecular formula is C13H20N2O3S. The minimum absolute atomic E-state index is 0.337. The van der Waals surface area contributed by atoms with Crippen molar-refractivity contribution in [3.63, 3.8) is 0 Å². The van der Waals surface area contributed by atoms with Crippen molar-refractivity contribution >= 4 is 10.2 Å². The first kappa shape index (κ1) is 15.7. The number of hydrogen-bond acceptors (Lipinski definition) is 3. The lowest BCUT2D eigenvalue weighted by molar-refractivity contribution is 0.414. The third kappa shape index (κ3) is 4.34. The Kier molecular flexibility index (Phi) is 5.53. The first-order valence-electron chi connectivity index (χ1n) is 5.85. The van der Waals surface area contributed by atoms with Gasteiger partial charge in [-0.3, -0.25) is 0 Å². The number of ether oxygens (including phenoxy) is 1. The van der Waals surface area contributed by atoms with Crippen molar-refractivity contribution in [2.24, 2.45) is 0 Å². The van der Waals surface area contributed by atoms with Gasteiger partial charge in [-0.15, -0.1) is 6.58 Å². The van der Waals surface area contributed by atoms with E-state index in [0.29, 0.717) is 6.42 Å². The van der Waals surface area contributed by atoms with E-state index in [1.165, 1.54) is 14.1 Å². The maximum absolute atomic E-state index is 11.9. The number of rotatable bonds is 7. The molecule has 0 saturated carbocycles. The highest BCUT2D eigenvalue weighted by molar-refractivity contribution is 7.87. The summed E-state index contributed by atoms with van der Waals surface area (Å²) in [6.45, 7) is 3.66. The highest BCUT2D eigenvalue weighted by Gasteiger charge is 2.20. The van der Waals surface area contributed by atoms with E-state index in [1.807, 2.05) is 12.1 Å². The molecule has 19 heavy (non-hydrogen) atoms. The van der Waals surface area contributed by atoms with E-state index in [0.717, 1.165) is 15.6 Å². The lowest BCUT2D eigenvalue weighted by Crippen LogP contribution is -2.37. The van der Waals surface area contributed by atoms with Crippen LogP contribution in [0.3, 0.4) is 0 Å². The van der Waals surface area contributed by atoms with Crippen LogP contribution in [0.5, 0.6) is 5.75 Å². The Balaban J connectivity index is 2.96. The van der Waals surface area contributed by atoms with Crippen LogP contribution in [0.15, 0.2) is 36.9 Å². The van der Waals surface area contributed by atoms with Crippen LogP contribution in [0.2, 0.25) is 0 Å². The standard InChI is InChI=1S/C13H20N2O3S/c1-5-6-13(14-19(16,17)15(2)3)11-7-9-12(18-4)10-8-11/h5,7-10,13-14H,1,6H2,2-4H3. The van der Waals surface area contributed by atoms with Crippen LogP contribution < -0.4 is 9.46 Å². The minimum atomic E-state index is -3.48. The second-order valence-electron chi connectivity index (χ2n) is 4.26. The number of hydrogen-bond donors (Lipinski definition) is 1. The summed E-state index contributed by atoms with van der Waals surface area (Å²) in [7, 11) is 1.08. The third-order valence-corrected chi connectivity index (χ3v) is 4.24. The number of nitrogens with zero attached hydrogens (tertiary/aromatic N) is 1. The molecule has 0 saturated heterocycles. The third-order valence-electron chi connectivity index (χ3n) is 2.69. The Morgan fingerprint density at radius 1 is 1.37 bits per heavy atom. The Bertz CT molecular complexity index is 509. The molecule has 0 fully saturated rings. The van der Waals surface area contributed by atoms with E-state index in [2.05, 4.69) is 11.3 Å². The summed E-state index contributed by atoms with van der Waals surface area (Å²) >= 11 is 0. The fourth-order valence-corrected chi connectivity index (χ4v) is 2.34. The van der Waals surface area contributed by atoms with Crippen molar-refractivity contribution < 1.29 is 13.2 Å². The highest BCUT2D eigenvalue weighted by Crippen LogP contribution is 2.21. The summed E-state index contributed by atoms with van der Waals surface area (Å²) in [6, 6.07) is 6.94. The summed E-state index contributed by atoms with van der Waals surface area (Å²) in [4.78, 5) is 0. The summed E-state index contributed by atoms with van der Waals surface area (Å²) in [6.07, 6.45) is 2.20. The summed E-state index contributed by atoms with van der Waals surface area (Å²) in [5, 5.41) is 0. The smallest absolute Gasteiger partial charge is 0.279 e. The molecule has 1 atom stereocenters. The second-order valence-corrected chi connectivity index (χ2v) is 6.17. The van der Waals surface area contributed by atoms with Crippen molar-refractivity contribution in [1.82, 2.24) is 9.03 Å². The van der Waals surface area contributed by atoms with Gasteiger partial charge in [0.2, 0.25) is 0 Å². The zero-order valence-corrected chi connectivity index (χ0v) is 12.3. The summed E-state index contributed by atoms with van der Waals surface area (Å²) in [5.74, 6) is 0.733. The summed E-state index contributed by atoms with van der Waals surface area (Å²) < 4.78 is 32.6. The highest BCUT2D eigenvalue weighted by atomic mass is 32.2. The van der Waals surface area contributed by atoms with Crippen LogP contribution in [-0.2, 0) is 10.2 Å². The lowest BCUT2D eigenvalue weighted by Gasteiger charge is -2.20. The zero-order valence-electron chi connectivity index (χ0n) is 11.5. The molecule has 0 bridgehead atoms. The van der Waals surface area contributed by atoms with E-state index in [1.54, 1.807) is 25.3 Å². The fourth-order valence-electron chi connectivity index (χ4n) is 1.54. The van der Waals surface area contributed by atoms with Gasteiger partial charge in [-0.1, -0.05) is 18.2 Å². The van der Waals surface area contributed by atoms with Gasteiger partial charge in [0.25, 0.3) is 10.2 Å². The van der Waals surface area contributed by atoms with Gasteiger partial charge in [-0.05, 0) is 24.1 Å². The normalized spacial score (nSPS) is 13.3. The molecule has 1 aromatic rings. The molecule has 0 spiro atoms. The molecule has 0 amide bonds. The molecule has 0 heterocycles. The van der Waals surface area contributed by atoms with Gasteiger partial charge in [0.1, 0.15) is 5.75 Å². The van der Waals surface area contributed by atoms with E-state index in [4.69, 9.17) is 4.74 Å². The van der Waals surface area contributed by atoms with E-state index in [-0.39, 0.29) is 6.04 Å². The molecule has 1 unspecified atom stereocenters. The van der Waals surface area contributed by atoms with Crippen molar-refractivity contribution in [1.29, 1.82) is 0 Å². The molecular weight excluding hydrogens is 264 g/mol. The van der Waals surface area contributed by atoms with Gasteiger partial charge in [-0.2, -0.15) is 17.4 Å². The molecule has 5 nitrogen and oxygen atoms in total. The average Bonchev–Trinajstić information content (AvgIpc) is 2.38. The molecule has 0 aliphatic heterocycles. The Morgan fingerprint density at radius 2 is 1.95 bits per heavy atom. The van der Waals surface area contributed by atoms with Crippen LogP contribution in [0.4, 0.5) is 0 Å². The number of benzene rings is 1. The monoisotopic (exact) mass is 284 g/mol. The first-order valence-corrected chi connectivity index (χ1v) is 7.29. The van der Waals surface area contributed by atoms with Gasteiger partial charge < -0.3 is 4.74 Å². The van der Waals surface area contributed by atoms with Gasteiger partial charge in [-0.25, -0.2) is 0 Å². The van der Waals surface area contributed by atoms with Gasteiger partial charge in [0.05, 0.1) is 13.2 Å². The summed E-state index contributed by atoms with van der Waals surface area (Å²) in [5.41, 5.74) is 0.867. The van der Waals surface area contributed by atoms with Gasteiger partial charge >= 0.3 is 0 Å². The van der Waals surface area contributed by atoms with E-state index in [9.17, 15) is 8.42 Å². The van der Waals surface area contributed by atoms with Crippen LogP contribution in [-0.4, -0.2) is 33.9 Å². The molecule has 0 aromatic heterocycles. The topological polar surface area (TPSA) is 58.6 Å². The van der Waals surface area contributed by atoms with Gasteiger partial charge in [0, 0.05) is 14.1 Å².